The highest BCUT2D eigenvalue weighted by Crippen LogP contribution is 2.60. The maximum absolute atomic E-state index is 2.50. The summed E-state index contributed by atoms with van der Waals surface area (Å²) < 4.78 is 0. The molecule has 2 aromatic carbocycles. The third kappa shape index (κ3) is 2.77. The summed E-state index contributed by atoms with van der Waals surface area (Å²) in [6.45, 7) is 6.92. The Morgan fingerprint density at radius 1 is 0.581 bits per heavy atom. The Bertz CT molecular complexity index is 1230. The number of benzene rings is 2. The van der Waals surface area contributed by atoms with E-state index < -0.39 is 0 Å². The summed E-state index contributed by atoms with van der Waals surface area (Å²) in [4.78, 5) is 6.30. The lowest BCUT2D eigenvalue weighted by Crippen LogP contribution is -1.84. The van der Waals surface area contributed by atoms with Crippen LogP contribution >= 0.6 is 22.7 Å². The maximum Gasteiger partial charge on any atom is 0.0430 e. The van der Waals surface area contributed by atoms with Crippen molar-refractivity contribution in [2.75, 3.05) is 0 Å². The Balaban J connectivity index is 1.53. The maximum atomic E-state index is 2.50. The minimum absolute atomic E-state index is 1.20. The van der Waals surface area contributed by atoms with Crippen LogP contribution in [0.3, 0.4) is 0 Å². The van der Waals surface area contributed by atoms with Crippen molar-refractivity contribution in [1.29, 1.82) is 0 Å². The molecule has 2 aliphatic rings. The lowest BCUT2D eigenvalue weighted by Gasteiger charge is -2.08. The molecule has 2 aliphatic carbocycles. The average molecular weight is 443 g/mol. The van der Waals surface area contributed by atoms with E-state index in [2.05, 4.69) is 62.4 Å². The van der Waals surface area contributed by atoms with Crippen LogP contribution in [-0.4, -0.2) is 0 Å². The number of fused-ring (bicyclic) bond motifs is 6. The van der Waals surface area contributed by atoms with Crippen molar-refractivity contribution in [3.63, 3.8) is 0 Å². The van der Waals surface area contributed by atoms with Gasteiger partial charge in [0, 0.05) is 41.8 Å². The molecule has 31 heavy (non-hydrogen) atoms. The van der Waals surface area contributed by atoms with Crippen molar-refractivity contribution in [1.82, 2.24) is 0 Å². The zero-order chi connectivity index (χ0) is 21.1. The number of aryl methyl sites for hydroxylation is 3. The van der Waals surface area contributed by atoms with Gasteiger partial charge in [-0.3, -0.25) is 0 Å². The van der Waals surface area contributed by atoms with Crippen molar-refractivity contribution in [2.24, 2.45) is 0 Å². The van der Waals surface area contributed by atoms with Crippen molar-refractivity contribution >= 4 is 33.4 Å². The van der Waals surface area contributed by atoms with E-state index >= 15 is 0 Å². The van der Waals surface area contributed by atoms with Crippen LogP contribution in [0, 0.1) is 0 Å². The number of hydrogen-bond acceptors (Lipinski definition) is 2. The Labute approximate surface area is 194 Å². The summed E-state index contributed by atoms with van der Waals surface area (Å²) in [5.41, 5.74) is 10.6. The van der Waals surface area contributed by atoms with Crippen LogP contribution in [0.1, 0.15) is 67.5 Å². The molecule has 158 valence electrons. The molecular formula is C29H30S2. The van der Waals surface area contributed by atoms with Crippen LogP contribution in [-0.2, 0) is 19.3 Å². The minimum Gasteiger partial charge on any atom is -0.144 e. The smallest absolute Gasteiger partial charge is 0.0430 e. The Morgan fingerprint density at radius 3 is 1.84 bits per heavy atom. The van der Waals surface area contributed by atoms with Crippen molar-refractivity contribution < 1.29 is 0 Å². The molecule has 6 rings (SSSR count). The second-order valence-electron chi connectivity index (χ2n) is 9.18. The fraction of sp³-hybridized carbons (Fsp3) is 0.379. The predicted octanol–water partition coefficient (Wildman–Crippen LogP) is 9.90. The van der Waals surface area contributed by atoms with E-state index in [1.54, 1.807) is 31.1 Å². The summed E-state index contributed by atoms with van der Waals surface area (Å²) in [6, 6.07) is 12.3. The first-order chi connectivity index (χ1) is 15.3. The first-order valence-corrected chi connectivity index (χ1v) is 13.8. The SMILES string of the molecule is CCCCCc1cc2c(s1)-c1ccc3c4c(ccc-2c14)-c1c(CCC)sc(CCC)c1-3. The third-order valence-electron chi connectivity index (χ3n) is 7.05. The van der Waals surface area contributed by atoms with E-state index in [-0.39, 0.29) is 0 Å². The summed E-state index contributed by atoms with van der Waals surface area (Å²) >= 11 is 4.13. The second-order valence-corrected chi connectivity index (χ2v) is 11.5. The molecule has 0 saturated carbocycles. The van der Waals surface area contributed by atoms with Crippen molar-refractivity contribution in [3.05, 3.63) is 45.0 Å². The molecule has 0 radical (unpaired) electrons. The van der Waals surface area contributed by atoms with Gasteiger partial charge in [-0.1, -0.05) is 70.7 Å². The van der Waals surface area contributed by atoms with E-state index in [1.165, 1.54) is 89.4 Å². The number of thiophene rings is 2. The summed E-state index contributed by atoms with van der Waals surface area (Å²) in [6.07, 6.45) is 10.0. The average Bonchev–Trinajstić information content (AvgIpc) is 3.48. The van der Waals surface area contributed by atoms with E-state index in [0.29, 0.717) is 0 Å². The quantitative estimate of drug-likeness (QED) is 0.206. The van der Waals surface area contributed by atoms with E-state index in [4.69, 9.17) is 0 Å². The first-order valence-electron chi connectivity index (χ1n) is 12.1. The number of hydrogen-bond donors (Lipinski definition) is 0. The molecule has 0 bridgehead atoms. The molecule has 2 heterocycles. The first kappa shape index (κ1) is 19.8. The molecule has 0 nitrogen and oxygen atoms in total. The molecule has 4 aromatic rings. The molecule has 0 saturated heterocycles. The largest absolute Gasteiger partial charge is 0.144 e. The Hall–Kier alpha value is -1.90. The summed E-state index contributed by atoms with van der Waals surface area (Å²) in [5.74, 6) is 0. The van der Waals surface area contributed by atoms with Gasteiger partial charge in [0.05, 0.1) is 0 Å². The topological polar surface area (TPSA) is 0 Å². The standard InChI is InChI=1S/C29H30S2/c1-4-7-8-11-17-16-22-18-12-13-19-26-20(14-15-21(25(18)26)29(22)30-17)28-24(10-6-3)31-23(9-5-2)27(19)28/h12-16H,4-11H2,1-3H3. The zero-order valence-electron chi connectivity index (χ0n) is 18.9. The summed E-state index contributed by atoms with van der Waals surface area (Å²) in [5, 5.41) is 3.07. The molecule has 0 amide bonds. The van der Waals surface area contributed by atoms with Crippen LogP contribution in [0.25, 0.3) is 54.6 Å². The fourth-order valence-corrected chi connectivity index (χ4v) is 8.53. The van der Waals surface area contributed by atoms with Gasteiger partial charge in [-0.05, 0) is 59.2 Å². The van der Waals surface area contributed by atoms with Crippen molar-refractivity contribution in [2.45, 2.75) is 72.1 Å². The lowest BCUT2D eigenvalue weighted by atomic mass is 9.97. The van der Waals surface area contributed by atoms with Gasteiger partial charge in [0.15, 0.2) is 0 Å². The fourth-order valence-electron chi connectivity index (χ4n) is 5.75. The van der Waals surface area contributed by atoms with Gasteiger partial charge >= 0.3 is 0 Å². The van der Waals surface area contributed by atoms with Gasteiger partial charge in [0.25, 0.3) is 0 Å². The number of rotatable bonds is 8. The van der Waals surface area contributed by atoms with Crippen LogP contribution in [0.15, 0.2) is 30.3 Å². The molecule has 0 unspecified atom stereocenters. The molecule has 0 aliphatic heterocycles. The van der Waals surface area contributed by atoms with Gasteiger partial charge in [-0.15, -0.1) is 22.7 Å². The van der Waals surface area contributed by atoms with Crippen LogP contribution in [0.2, 0.25) is 0 Å². The second kappa shape index (κ2) is 7.60. The number of unbranched alkanes of at least 4 members (excludes halogenated alkanes) is 2. The van der Waals surface area contributed by atoms with Crippen LogP contribution < -0.4 is 0 Å². The normalized spacial score (nSPS) is 12.7. The van der Waals surface area contributed by atoms with E-state index in [9.17, 15) is 0 Å². The molecular weight excluding hydrogens is 412 g/mol. The van der Waals surface area contributed by atoms with E-state index in [1.807, 2.05) is 11.3 Å². The summed E-state index contributed by atoms with van der Waals surface area (Å²) in [7, 11) is 0. The molecule has 0 N–H and O–H groups in total. The van der Waals surface area contributed by atoms with Crippen LogP contribution in [0.4, 0.5) is 0 Å². The lowest BCUT2D eigenvalue weighted by molar-refractivity contribution is 0.723. The van der Waals surface area contributed by atoms with Gasteiger partial charge in [-0.25, -0.2) is 0 Å². The van der Waals surface area contributed by atoms with Crippen LogP contribution in [0.5, 0.6) is 0 Å². The molecule has 0 atom stereocenters. The van der Waals surface area contributed by atoms with Gasteiger partial charge in [0.2, 0.25) is 0 Å². The van der Waals surface area contributed by atoms with Gasteiger partial charge in [0.1, 0.15) is 0 Å². The van der Waals surface area contributed by atoms with Gasteiger partial charge in [-0.2, -0.15) is 0 Å². The predicted molar refractivity (Wildman–Crippen MR) is 140 cm³/mol. The molecule has 2 aromatic heterocycles. The van der Waals surface area contributed by atoms with Gasteiger partial charge < -0.3 is 0 Å². The highest BCUT2D eigenvalue weighted by Gasteiger charge is 2.33. The molecule has 2 heteroatoms. The molecule has 0 fully saturated rings. The Morgan fingerprint density at radius 2 is 1.19 bits per heavy atom. The molecule has 0 spiro atoms. The van der Waals surface area contributed by atoms with Crippen molar-refractivity contribution in [3.8, 4) is 43.8 Å². The zero-order valence-corrected chi connectivity index (χ0v) is 20.5. The third-order valence-corrected chi connectivity index (χ3v) is 9.59. The minimum atomic E-state index is 1.20. The van der Waals surface area contributed by atoms with E-state index in [0.717, 1.165) is 0 Å². The monoisotopic (exact) mass is 442 g/mol. The highest BCUT2D eigenvalue weighted by molar-refractivity contribution is 7.16. The highest BCUT2D eigenvalue weighted by atomic mass is 32.1. The Kier molecular flexibility index (Phi) is 4.85.